The summed E-state index contributed by atoms with van der Waals surface area (Å²) < 4.78 is 8.07. The third-order valence-electron chi connectivity index (χ3n) is 2.72. The van der Waals surface area contributed by atoms with E-state index < -0.39 is 0 Å². The Labute approximate surface area is 140 Å². The molecular weight excluding hydrogens is 402 g/mol. The van der Waals surface area contributed by atoms with Crippen molar-refractivity contribution in [1.29, 1.82) is 0 Å². The van der Waals surface area contributed by atoms with Crippen molar-refractivity contribution in [3.05, 3.63) is 49.0 Å². The first-order valence-corrected chi connectivity index (χ1v) is 8.88. The minimum absolute atomic E-state index is 0.468. The van der Waals surface area contributed by atoms with Crippen molar-refractivity contribution in [1.82, 2.24) is 5.32 Å². The summed E-state index contributed by atoms with van der Waals surface area (Å²) in [5, 5.41) is 5.48. The monoisotopic (exact) mass is 417 g/mol. The molecule has 1 aromatic carbocycles. The third kappa shape index (κ3) is 4.88. The first-order valence-electron chi connectivity index (χ1n) is 6.42. The summed E-state index contributed by atoms with van der Waals surface area (Å²) in [6.45, 7) is 5.72. The molecule has 108 valence electrons. The van der Waals surface area contributed by atoms with Crippen LogP contribution in [0.2, 0.25) is 0 Å². The molecule has 0 aliphatic carbocycles. The zero-order chi connectivity index (χ0) is 14.5. The van der Waals surface area contributed by atoms with Gasteiger partial charge in [0.2, 0.25) is 0 Å². The van der Waals surface area contributed by atoms with E-state index in [1.807, 2.05) is 12.1 Å². The Kier molecular flexibility index (Phi) is 6.08. The van der Waals surface area contributed by atoms with Gasteiger partial charge in [-0.25, -0.2) is 0 Å². The number of thiophene rings is 1. The smallest absolute Gasteiger partial charge is 0.122 e. The van der Waals surface area contributed by atoms with Crippen molar-refractivity contribution in [3.8, 4) is 5.75 Å². The number of nitrogens with one attached hydrogen (secondary N) is 1. The number of rotatable bonds is 6. The van der Waals surface area contributed by atoms with E-state index in [0.717, 1.165) is 21.2 Å². The molecule has 2 nitrogen and oxygen atoms in total. The van der Waals surface area contributed by atoms with E-state index in [4.69, 9.17) is 4.74 Å². The minimum atomic E-state index is 0.468. The van der Waals surface area contributed by atoms with Crippen LogP contribution in [0.15, 0.2) is 38.6 Å². The molecule has 0 saturated carbocycles. The Morgan fingerprint density at radius 2 is 2.05 bits per heavy atom. The van der Waals surface area contributed by atoms with Crippen LogP contribution in [-0.2, 0) is 13.2 Å². The van der Waals surface area contributed by atoms with Gasteiger partial charge in [-0.05, 0) is 45.8 Å². The van der Waals surface area contributed by atoms with Crippen LogP contribution >= 0.6 is 43.2 Å². The topological polar surface area (TPSA) is 21.3 Å². The average Bonchev–Trinajstić information content (AvgIpc) is 2.82. The average molecular weight is 419 g/mol. The summed E-state index contributed by atoms with van der Waals surface area (Å²) >= 11 is 8.73. The predicted molar refractivity (Wildman–Crippen MR) is 92.5 cm³/mol. The van der Waals surface area contributed by atoms with Crippen molar-refractivity contribution in [2.75, 3.05) is 0 Å². The van der Waals surface area contributed by atoms with E-state index >= 15 is 0 Å². The van der Waals surface area contributed by atoms with Gasteiger partial charge in [-0.15, -0.1) is 11.3 Å². The van der Waals surface area contributed by atoms with Crippen LogP contribution in [0.5, 0.6) is 5.75 Å². The van der Waals surface area contributed by atoms with Crippen molar-refractivity contribution in [2.24, 2.45) is 0 Å². The Bertz CT molecular complexity index is 569. The second-order valence-electron chi connectivity index (χ2n) is 4.81. The maximum Gasteiger partial charge on any atom is 0.122 e. The van der Waals surface area contributed by atoms with Gasteiger partial charge >= 0.3 is 0 Å². The van der Waals surface area contributed by atoms with Gasteiger partial charge in [0, 0.05) is 31.8 Å². The molecule has 0 aliphatic rings. The highest BCUT2D eigenvalue weighted by Gasteiger charge is 2.05. The van der Waals surface area contributed by atoms with E-state index in [2.05, 4.69) is 68.5 Å². The molecule has 2 rings (SSSR count). The fourth-order valence-electron chi connectivity index (χ4n) is 1.67. The van der Waals surface area contributed by atoms with Gasteiger partial charge in [0.25, 0.3) is 0 Å². The first-order chi connectivity index (χ1) is 9.54. The van der Waals surface area contributed by atoms with Gasteiger partial charge in [-0.1, -0.05) is 29.8 Å². The van der Waals surface area contributed by atoms with Crippen molar-refractivity contribution in [2.45, 2.75) is 33.0 Å². The number of hydrogen-bond acceptors (Lipinski definition) is 3. The molecule has 0 fully saturated rings. The lowest BCUT2D eigenvalue weighted by atomic mass is 10.2. The van der Waals surface area contributed by atoms with E-state index in [0.29, 0.717) is 12.6 Å². The lowest BCUT2D eigenvalue weighted by Gasteiger charge is -2.12. The Balaban J connectivity index is 1.99. The van der Waals surface area contributed by atoms with Crippen molar-refractivity contribution >= 4 is 43.2 Å². The third-order valence-corrected chi connectivity index (χ3v) is 5.17. The molecule has 0 aliphatic heterocycles. The molecule has 5 heteroatoms. The standard InChI is InChI=1S/C15H17Br2NOS/c1-10(2)18-7-11-5-13(3-4-15(11)17)19-8-14-6-12(16)9-20-14/h3-6,9-10,18H,7-8H2,1-2H3. The SMILES string of the molecule is CC(C)NCc1cc(OCc2cc(Br)cs2)ccc1Br. The van der Waals surface area contributed by atoms with Crippen LogP contribution in [0, 0.1) is 0 Å². The van der Waals surface area contributed by atoms with Crippen LogP contribution in [0.1, 0.15) is 24.3 Å². The highest BCUT2D eigenvalue weighted by atomic mass is 79.9. The van der Waals surface area contributed by atoms with Crippen LogP contribution in [-0.4, -0.2) is 6.04 Å². The summed E-state index contributed by atoms with van der Waals surface area (Å²) in [6.07, 6.45) is 0. The van der Waals surface area contributed by atoms with E-state index in [-0.39, 0.29) is 0 Å². The summed E-state index contributed by atoms with van der Waals surface area (Å²) in [5.74, 6) is 0.901. The molecule has 20 heavy (non-hydrogen) atoms. The molecular formula is C15H17Br2NOS. The van der Waals surface area contributed by atoms with Crippen LogP contribution in [0.3, 0.4) is 0 Å². The Morgan fingerprint density at radius 3 is 2.70 bits per heavy atom. The summed E-state index contributed by atoms with van der Waals surface area (Å²) in [6, 6.07) is 8.67. The molecule has 0 amide bonds. The summed E-state index contributed by atoms with van der Waals surface area (Å²) in [4.78, 5) is 1.21. The molecule has 0 spiro atoms. The van der Waals surface area contributed by atoms with Crippen LogP contribution in [0.4, 0.5) is 0 Å². The molecule has 0 bridgehead atoms. The van der Waals surface area contributed by atoms with Gasteiger partial charge in [0.05, 0.1) is 0 Å². The zero-order valence-electron chi connectivity index (χ0n) is 11.5. The second-order valence-corrected chi connectivity index (χ2v) is 7.57. The van der Waals surface area contributed by atoms with Gasteiger partial charge in [0.1, 0.15) is 12.4 Å². The lowest BCUT2D eigenvalue weighted by molar-refractivity contribution is 0.309. The largest absolute Gasteiger partial charge is 0.488 e. The maximum absolute atomic E-state index is 5.85. The zero-order valence-corrected chi connectivity index (χ0v) is 15.4. The highest BCUT2D eigenvalue weighted by molar-refractivity contribution is 9.10. The molecule has 0 radical (unpaired) electrons. The number of benzene rings is 1. The fraction of sp³-hybridized carbons (Fsp3) is 0.333. The number of hydrogen-bond donors (Lipinski definition) is 1. The van der Waals surface area contributed by atoms with Gasteiger partial charge < -0.3 is 10.1 Å². The predicted octanol–water partition coefficient (Wildman–Crippen LogP) is 5.35. The highest BCUT2D eigenvalue weighted by Crippen LogP contribution is 2.25. The molecule has 0 unspecified atom stereocenters. The minimum Gasteiger partial charge on any atom is -0.488 e. The van der Waals surface area contributed by atoms with Crippen molar-refractivity contribution < 1.29 is 4.74 Å². The molecule has 0 atom stereocenters. The number of ether oxygens (including phenoxy) is 1. The second kappa shape index (κ2) is 7.59. The summed E-state index contributed by atoms with van der Waals surface area (Å²) in [5.41, 5.74) is 1.21. The lowest BCUT2D eigenvalue weighted by Crippen LogP contribution is -2.22. The maximum atomic E-state index is 5.85. The molecule has 1 aromatic heterocycles. The van der Waals surface area contributed by atoms with Gasteiger partial charge in [0.15, 0.2) is 0 Å². The Morgan fingerprint density at radius 1 is 1.25 bits per heavy atom. The van der Waals surface area contributed by atoms with E-state index in [1.165, 1.54) is 10.4 Å². The van der Waals surface area contributed by atoms with Crippen LogP contribution < -0.4 is 10.1 Å². The number of halogens is 2. The summed E-state index contributed by atoms with van der Waals surface area (Å²) in [7, 11) is 0. The fourth-order valence-corrected chi connectivity index (χ4v) is 3.42. The Hall–Kier alpha value is -0.360. The van der Waals surface area contributed by atoms with E-state index in [9.17, 15) is 0 Å². The molecule has 2 aromatic rings. The molecule has 1 heterocycles. The quantitative estimate of drug-likeness (QED) is 0.682. The normalized spacial score (nSPS) is 11.1. The van der Waals surface area contributed by atoms with Crippen LogP contribution in [0.25, 0.3) is 0 Å². The van der Waals surface area contributed by atoms with E-state index in [1.54, 1.807) is 11.3 Å². The van der Waals surface area contributed by atoms with Gasteiger partial charge in [-0.2, -0.15) is 0 Å². The molecule has 0 saturated heterocycles. The van der Waals surface area contributed by atoms with Gasteiger partial charge in [-0.3, -0.25) is 0 Å². The molecule has 1 N–H and O–H groups in total. The van der Waals surface area contributed by atoms with Crippen molar-refractivity contribution in [3.63, 3.8) is 0 Å². The first kappa shape index (κ1) is 16.0.